The molecule has 0 unspecified atom stereocenters. The van der Waals surface area contributed by atoms with Crippen molar-refractivity contribution >= 4 is 23.3 Å². The summed E-state index contributed by atoms with van der Waals surface area (Å²) in [5.41, 5.74) is 0.815. The quantitative estimate of drug-likeness (QED) is 0.784. The van der Waals surface area contributed by atoms with Gasteiger partial charge in [-0.2, -0.15) is 0 Å². The van der Waals surface area contributed by atoms with E-state index in [9.17, 15) is 9.90 Å². The van der Waals surface area contributed by atoms with E-state index in [0.29, 0.717) is 19.5 Å². The molecule has 0 radical (unpaired) electrons. The highest BCUT2D eigenvalue weighted by atomic mass is 32.1. The molecule has 1 aromatic rings. The molecule has 1 fully saturated rings. The van der Waals surface area contributed by atoms with Crippen molar-refractivity contribution in [3.63, 3.8) is 0 Å². The molecule has 0 bridgehead atoms. The Hall–Kier alpha value is -1.20. The fraction of sp³-hybridized carbons (Fsp3) is 0.455. The van der Waals surface area contributed by atoms with Gasteiger partial charge in [0.1, 0.15) is 0 Å². The highest BCUT2D eigenvalue weighted by Gasteiger charge is 2.22. The SMILES string of the molecule is Cc1nc(C=CC(=O)N2CC[C@H](O)C2)cs1. The number of aromatic nitrogens is 1. The lowest BCUT2D eigenvalue weighted by Gasteiger charge is -2.11. The third-order valence-electron chi connectivity index (χ3n) is 2.51. The second-order valence-electron chi connectivity index (χ2n) is 3.85. The van der Waals surface area contributed by atoms with Crippen molar-refractivity contribution in [1.82, 2.24) is 9.88 Å². The van der Waals surface area contributed by atoms with Crippen LogP contribution in [-0.2, 0) is 4.79 Å². The standard InChI is InChI=1S/C11H14N2O2S/c1-8-12-9(7-16-8)2-3-11(15)13-5-4-10(14)6-13/h2-3,7,10,14H,4-6H2,1H3/t10-/m0/s1. The topological polar surface area (TPSA) is 53.4 Å². The van der Waals surface area contributed by atoms with Gasteiger partial charge in [-0.15, -0.1) is 11.3 Å². The molecular formula is C11H14N2O2S. The van der Waals surface area contributed by atoms with Crippen LogP contribution in [0.3, 0.4) is 0 Å². The fourth-order valence-corrected chi connectivity index (χ4v) is 2.24. The van der Waals surface area contributed by atoms with Crippen LogP contribution in [-0.4, -0.2) is 40.1 Å². The Morgan fingerprint density at radius 1 is 1.75 bits per heavy atom. The molecule has 2 heterocycles. The summed E-state index contributed by atoms with van der Waals surface area (Å²) in [6.45, 7) is 3.01. The summed E-state index contributed by atoms with van der Waals surface area (Å²) in [7, 11) is 0. The van der Waals surface area contributed by atoms with Crippen molar-refractivity contribution in [2.75, 3.05) is 13.1 Å². The van der Waals surface area contributed by atoms with E-state index < -0.39 is 0 Å². The van der Waals surface area contributed by atoms with Crippen molar-refractivity contribution in [2.45, 2.75) is 19.4 Å². The number of aliphatic hydroxyl groups is 1. The van der Waals surface area contributed by atoms with Gasteiger partial charge in [0.15, 0.2) is 0 Å². The molecule has 2 rings (SSSR count). The van der Waals surface area contributed by atoms with Gasteiger partial charge in [-0.1, -0.05) is 0 Å². The number of hydrogen-bond acceptors (Lipinski definition) is 4. The molecule has 0 spiro atoms. The Labute approximate surface area is 98.2 Å². The minimum Gasteiger partial charge on any atom is -0.391 e. The molecule has 0 saturated carbocycles. The molecule has 16 heavy (non-hydrogen) atoms. The predicted octanol–water partition coefficient (Wildman–Crippen LogP) is 1.06. The average Bonchev–Trinajstić information content (AvgIpc) is 2.84. The van der Waals surface area contributed by atoms with Crippen LogP contribution in [0.2, 0.25) is 0 Å². The van der Waals surface area contributed by atoms with Crippen LogP contribution in [0.1, 0.15) is 17.1 Å². The lowest BCUT2D eigenvalue weighted by atomic mass is 10.3. The summed E-state index contributed by atoms with van der Waals surface area (Å²) < 4.78 is 0. The number of aryl methyl sites for hydroxylation is 1. The average molecular weight is 238 g/mol. The van der Waals surface area contributed by atoms with Crippen molar-refractivity contribution in [3.8, 4) is 0 Å². The zero-order valence-electron chi connectivity index (χ0n) is 9.09. The number of aliphatic hydroxyl groups excluding tert-OH is 1. The Morgan fingerprint density at radius 3 is 3.12 bits per heavy atom. The Kier molecular flexibility index (Phi) is 3.36. The van der Waals surface area contributed by atoms with Gasteiger partial charge in [0.25, 0.3) is 0 Å². The Balaban J connectivity index is 1.94. The predicted molar refractivity (Wildman–Crippen MR) is 63.1 cm³/mol. The van der Waals surface area contributed by atoms with Crippen LogP contribution in [0, 0.1) is 6.92 Å². The molecule has 0 aromatic carbocycles. The van der Waals surface area contributed by atoms with E-state index in [2.05, 4.69) is 4.98 Å². The van der Waals surface area contributed by atoms with Gasteiger partial charge in [0, 0.05) is 24.5 Å². The smallest absolute Gasteiger partial charge is 0.246 e. The van der Waals surface area contributed by atoms with Crippen LogP contribution >= 0.6 is 11.3 Å². The monoisotopic (exact) mass is 238 g/mol. The molecule has 86 valence electrons. The molecule has 1 aromatic heterocycles. The van der Waals surface area contributed by atoms with Crippen LogP contribution in [0.15, 0.2) is 11.5 Å². The summed E-state index contributed by atoms with van der Waals surface area (Å²) in [6.07, 6.45) is 3.55. The summed E-state index contributed by atoms with van der Waals surface area (Å²) in [6, 6.07) is 0. The van der Waals surface area contributed by atoms with E-state index >= 15 is 0 Å². The van der Waals surface area contributed by atoms with Gasteiger partial charge < -0.3 is 10.0 Å². The number of amides is 1. The van der Waals surface area contributed by atoms with Crippen molar-refractivity contribution in [2.24, 2.45) is 0 Å². The van der Waals surface area contributed by atoms with Gasteiger partial charge in [-0.05, 0) is 19.4 Å². The third-order valence-corrected chi connectivity index (χ3v) is 3.30. The maximum atomic E-state index is 11.7. The van der Waals surface area contributed by atoms with E-state index in [1.165, 1.54) is 6.08 Å². The minimum atomic E-state index is -0.362. The van der Waals surface area contributed by atoms with E-state index in [-0.39, 0.29) is 12.0 Å². The van der Waals surface area contributed by atoms with Gasteiger partial charge in [-0.25, -0.2) is 4.98 Å². The maximum absolute atomic E-state index is 11.7. The number of likely N-dealkylation sites (tertiary alicyclic amines) is 1. The number of β-amino-alcohol motifs (C(OH)–C–C–N with tert-alkyl or cyclic N) is 1. The van der Waals surface area contributed by atoms with E-state index in [4.69, 9.17) is 0 Å². The molecular weight excluding hydrogens is 224 g/mol. The first-order chi connectivity index (χ1) is 7.65. The molecule has 1 aliphatic heterocycles. The molecule has 1 N–H and O–H groups in total. The number of nitrogens with zero attached hydrogens (tertiary/aromatic N) is 2. The zero-order valence-corrected chi connectivity index (χ0v) is 9.91. The number of carbonyl (C=O) groups excluding carboxylic acids is 1. The molecule has 1 amide bonds. The van der Waals surface area contributed by atoms with E-state index in [1.54, 1.807) is 22.3 Å². The first-order valence-corrected chi connectivity index (χ1v) is 6.10. The molecule has 0 aliphatic carbocycles. The van der Waals surface area contributed by atoms with Crippen molar-refractivity contribution < 1.29 is 9.90 Å². The summed E-state index contributed by atoms with van der Waals surface area (Å²) in [5.74, 6) is -0.0535. The Morgan fingerprint density at radius 2 is 2.56 bits per heavy atom. The fourth-order valence-electron chi connectivity index (χ4n) is 1.66. The van der Waals surface area contributed by atoms with Gasteiger partial charge in [0.05, 0.1) is 16.8 Å². The minimum absolute atomic E-state index is 0.0535. The van der Waals surface area contributed by atoms with Gasteiger partial charge >= 0.3 is 0 Å². The first-order valence-electron chi connectivity index (χ1n) is 5.22. The lowest BCUT2D eigenvalue weighted by Crippen LogP contribution is -2.27. The van der Waals surface area contributed by atoms with Gasteiger partial charge in [0.2, 0.25) is 5.91 Å². The first kappa shape index (κ1) is 11.3. The second kappa shape index (κ2) is 4.76. The largest absolute Gasteiger partial charge is 0.391 e. The van der Waals surface area contributed by atoms with Gasteiger partial charge in [-0.3, -0.25) is 4.79 Å². The molecule has 1 aliphatic rings. The molecule has 1 saturated heterocycles. The van der Waals surface area contributed by atoms with E-state index in [1.807, 2.05) is 12.3 Å². The molecule has 5 heteroatoms. The van der Waals surface area contributed by atoms with Crippen LogP contribution in [0.25, 0.3) is 6.08 Å². The van der Waals surface area contributed by atoms with E-state index in [0.717, 1.165) is 10.7 Å². The zero-order chi connectivity index (χ0) is 11.5. The van der Waals surface area contributed by atoms with Crippen molar-refractivity contribution in [3.05, 3.63) is 22.2 Å². The molecule has 4 nitrogen and oxygen atoms in total. The van der Waals surface area contributed by atoms with Crippen LogP contribution in [0.5, 0.6) is 0 Å². The highest BCUT2D eigenvalue weighted by Crippen LogP contribution is 2.12. The third kappa shape index (κ3) is 2.68. The maximum Gasteiger partial charge on any atom is 0.246 e. The number of hydrogen-bond donors (Lipinski definition) is 1. The van der Waals surface area contributed by atoms with Crippen LogP contribution in [0.4, 0.5) is 0 Å². The normalized spacial score (nSPS) is 20.9. The number of rotatable bonds is 2. The highest BCUT2D eigenvalue weighted by molar-refractivity contribution is 7.09. The summed E-state index contributed by atoms with van der Waals surface area (Å²) in [5, 5.41) is 12.2. The number of carbonyl (C=O) groups is 1. The lowest BCUT2D eigenvalue weighted by molar-refractivity contribution is -0.125. The second-order valence-corrected chi connectivity index (χ2v) is 4.91. The summed E-state index contributed by atoms with van der Waals surface area (Å²) >= 11 is 1.56. The summed E-state index contributed by atoms with van der Waals surface area (Å²) in [4.78, 5) is 17.6. The Bertz CT molecular complexity index is 414. The van der Waals surface area contributed by atoms with Crippen molar-refractivity contribution in [1.29, 1.82) is 0 Å². The van der Waals surface area contributed by atoms with Crippen LogP contribution < -0.4 is 0 Å². The number of thiazole rings is 1. The molecule has 1 atom stereocenters.